The number of aliphatic carboxylic acids is 1. The molecule has 1 N–H and O–H groups in total. The Balaban J connectivity index is 2.30. The predicted molar refractivity (Wildman–Crippen MR) is 74.5 cm³/mol. The summed E-state index contributed by atoms with van der Waals surface area (Å²) in [5.74, 6) is -0.226. The van der Waals surface area contributed by atoms with E-state index in [1.807, 2.05) is 32.2 Å². The summed E-state index contributed by atoms with van der Waals surface area (Å²) in [4.78, 5) is 10.5. The molecule has 0 aliphatic rings. The number of carboxylic acids is 1. The molecule has 7 heteroatoms. The minimum absolute atomic E-state index is 0.0361. The van der Waals surface area contributed by atoms with E-state index in [9.17, 15) is 4.79 Å². The van der Waals surface area contributed by atoms with E-state index in [0.717, 1.165) is 22.9 Å². The van der Waals surface area contributed by atoms with Crippen molar-refractivity contribution in [1.29, 1.82) is 0 Å². The number of carboxylic acid groups (broad SMARTS) is 1. The van der Waals surface area contributed by atoms with Gasteiger partial charge in [-0.2, -0.15) is 0 Å². The fraction of sp³-hybridized carbons (Fsp3) is 0.250. The molecule has 0 atom stereocenters. The molecular formula is C12H12ClN3O2S. The topological polar surface area (TPSA) is 68.0 Å². The summed E-state index contributed by atoms with van der Waals surface area (Å²) in [6, 6.07) is 5.61. The first-order chi connectivity index (χ1) is 8.99. The Labute approximate surface area is 119 Å². The van der Waals surface area contributed by atoms with Crippen LogP contribution in [-0.4, -0.2) is 31.6 Å². The van der Waals surface area contributed by atoms with Gasteiger partial charge in [-0.25, -0.2) is 0 Å². The highest BCUT2D eigenvalue weighted by atomic mass is 35.5. The van der Waals surface area contributed by atoms with Gasteiger partial charge in [-0.3, -0.25) is 4.79 Å². The van der Waals surface area contributed by atoms with Gasteiger partial charge in [-0.1, -0.05) is 23.4 Å². The molecule has 0 aliphatic carbocycles. The second-order valence-corrected chi connectivity index (χ2v) is 5.36. The molecule has 0 spiro atoms. The number of aromatic nitrogens is 3. The van der Waals surface area contributed by atoms with E-state index in [2.05, 4.69) is 10.2 Å². The van der Waals surface area contributed by atoms with Gasteiger partial charge in [0.25, 0.3) is 0 Å². The Morgan fingerprint density at radius 3 is 2.84 bits per heavy atom. The van der Waals surface area contributed by atoms with Crippen LogP contribution in [0.4, 0.5) is 0 Å². The molecule has 0 bridgehead atoms. The van der Waals surface area contributed by atoms with Crippen molar-refractivity contribution in [2.24, 2.45) is 7.05 Å². The van der Waals surface area contributed by atoms with Gasteiger partial charge >= 0.3 is 5.97 Å². The average molecular weight is 298 g/mol. The number of hydrogen-bond donors (Lipinski definition) is 1. The van der Waals surface area contributed by atoms with Crippen molar-refractivity contribution in [3.05, 3.63) is 28.8 Å². The molecule has 1 aromatic carbocycles. The molecule has 0 amide bonds. The number of nitrogens with zero attached hydrogens (tertiary/aromatic N) is 3. The lowest BCUT2D eigenvalue weighted by Crippen LogP contribution is -2.01. The monoisotopic (exact) mass is 297 g/mol. The zero-order valence-corrected chi connectivity index (χ0v) is 12.0. The Kier molecular flexibility index (Phi) is 4.11. The third-order valence-corrected chi connectivity index (χ3v) is 4.00. The molecule has 19 heavy (non-hydrogen) atoms. The van der Waals surface area contributed by atoms with Crippen LogP contribution in [0.3, 0.4) is 0 Å². The number of carbonyl (C=O) groups is 1. The first-order valence-corrected chi connectivity index (χ1v) is 6.86. The third kappa shape index (κ3) is 3.08. The van der Waals surface area contributed by atoms with Crippen LogP contribution >= 0.6 is 23.4 Å². The van der Waals surface area contributed by atoms with Crippen LogP contribution in [0.15, 0.2) is 23.4 Å². The SMILES string of the molecule is Cc1cc(-c2nnc(SCC(=O)O)n2C)ccc1Cl. The van der Waals surface area contributed by atoms with Crippen molar-refractivity contribution in [3.63, 3.8) is 0 Å². The summed E-state index contributed by atoms with van der Waals surface area (Å²) in [6.07, 6.45) is 0. The van der Waals surface area contributed by atoms with Gasteiger partial charge in [-0.05, 0) is 30.7 Å². The van der Waals surface area contributed by atoms with Gasteiger partial charge in [0.05, 0.1) is 5.75 Å². The van der Waals surface area contributed by atoms with Gasteiger partial charge in [-0.15, -0.1) is 10.2 Å². The smallest absolute Gasteiger partial charge is 0.313 e. The van der Waals surface area contributed by atoms with Crippen molar-refractivity contribution in [3.8, 4) is 11.4 Å². The minimum atomic E-state index is -0.878. The minimum Gasteiger partial charge on any atom is -0.481 e. The number of halogens is 1. The summed E-state index contributed by atoms with van der Waals surface area (Å²) >= 11 is 7.13. The van der Waals surface area contributed by atoms with Crippen molar-refractivity contribution >= 4 is 29.3 Å². The second-order valence-electron chi connectivity index (χ2n) is 4.01. The molecule has 2 aromatic rings. The maximum atomic E-state index is 10.5. The first kappa shape index (κ1) is 13.9. The molecule has 1 aromatic heterocycles. The molecule has 0 aliphatic heterocycles. The normalized spacial score (nSPS) is 10.7. The summed E-state index contributed by atoms with van der Waals surface area (Å²) in [5, 5.41) is 18.0. The Morgan fingerprint density at radius 2 is 2.21 bits per heavy atom. The fourth-order valence-electron chi connectivity index (χ4n) is 1.60. The number of rotatable bonds is 4. The predicted octanol–water partition coefficient (Wildman–Crippen LogP) is 2.62. The summed E-state index contributed by atoms with van der Waals surface area (Å²) < 4.78 is 1.77. The van der Waals surface area contributed by atoms with Crippen LogP contribution in [0, 0.1) is 6.92 Å². The van der Waals surface area contributed by atoms with E-state index >= 15 is 0 Å². The first-order valence-electron chi connectivity index (χ1n) is 5.49. The molecule has 0 saturated carbocycles. The lowest BCUT2D eigenvalue weighted by Gasteiger charge is -2.05. The van der Waals surface area contributed by atoms with Crippen molar-refractivity contribution < 1.29 is 9.90 Å². The van der Waals surface area contributed by atoms with Gasteiger partial charge in [0.2, 0.25) is 0 Å². The van der Waals surface area contributed by atoms with Crippen molar-refractivity contribution in [1.82, 2.24) is 14.8 Å². The number of hydrogen-bond acceptors (Lipinski definition) is 4. The highest BCUT2D eigenvalue weighted by Gasteiger charge is 2.13. The van der Waals surface area contributed by atoms with E-state index in [0.29, 0.717) is 16.0 Å². The second kappa shape index (κ2) is 5.63. The van der Waals surface area contributed by atoms with E-state index < -0.39 is 5.97 Å². The third-order valence-electron chi connectivity index (χ3n) is 2.58. The zero-order chi connectivity index (χ0) is 14.0. The van der Waals surface area contributed by atoms with E-state index in [1.54, 1.807) is 4.57 Å². The number of thioether (sulfide) groups is 1. The fourth-order valence-corrected chi connectivity index (χ4v) is 2.35. The average Bonchev–Trinajstić information content (AvgIpc) is 2.72. The molecule has 5 nitrogen and oxygen atoms in total. The summed E-state index contributed by atoms with van der Waals surface area (Å²) in [7, 11) is 1.81. The van der Waals surface area contributed by atoms with Gasteiger partial charge in [0.1, 0.15) is 0 Å². The zero-order valence-electron chi connectivity index (χ0n) is 10.4. The van der Waals surface area contributed by atoms with Gasteiger partial charge < -0.3 is 9.67 Å². The van der Waals surface area contributed by atoms with Crippen LogP contribution < -0.4 is 0 Å². The molecular weight excluding hydrogens is 286 g/mol. The largest absolute Gasteiger partial charge is 0.481 e. The molecule has 0 unspecified atom stereocenters. The highest BCUT2D eigenvalue weighted by molar-refractivity contribution is 7.99. The number of aryl methyl sites for hydroxylation is 1. The van der Waals surface area contributed by atoms with E-state index in [1.165, 1.54) is 0 Å². The van der Waals surface area contributed by atoms with Crippen LogP contribution in [-0.2, 0) is 11.8 Å². The van der Waals surface area contributed by atoms with Gasteiger partial charge in [0, 0.05) is 17.6 Å². The lowest BCUT2D eigenvalue weighted by molar-refractivity contribution is -0.133. The molecule has 0 radical (unpaired) electrons. The van der Waals surface area contributed by atoms with Crippen LogP contribution in [0.2, 0.25) is 5.02 Å². The molecule has 1 heterocycles. The highest BCUT2D eigenvalue weighted by Crippen LogP contribution is 2.25. The van der Waals surface area contributed by atoms with Gasteiger partial charge in [0.15, 0.2) is 11.0 Å². The van der Waals surface area contributed by atoms with Crippen molar-refractivity contribution in [2.75, 3.05) is 5.75 Å². The Bertz CT molecular complexity index is 627. The molecule has 0 saturated heterocycles. The number of benzene rings is 1. The quantitative estimate of drug-likeness (QED) is 0.879. The van der Waals surface area contributed by atoms with Crippen LogP contribution in [0.25, 0.3) is 11.4 Å². The maximum absolute atomic E-state index is 10.5. The van der Waals surface area contributed by atoms with Crippen LogP contribution in [0.5, 0.6) is 0 Å². The standard InChI is InChI=1S/C12H12ClN3O2S/c1-7-5-8(3-4-9(7)13)11-14-15-12(16(11)2)19-6-10(17)18/h3-5H,6H2,1-2H3,(H,17,18). The Morgan fingerprint density at radius 1 is 1.47 bits per heavy atom. The van der Waals surface area contributed by atoms with Crippen LogP contribution in [0.1, 0.15) is 5.56 Å². The summed E-state index contributed by atoms with van der Waals surface area (Å²) in [5.41, 5.74) is 1.86. The van der Waals surface area contributed by atoms with Crippen molar-refractivity contribution in [2.45, 2.75) is 12.1 Å². The van der Waals surface area contributed by atoms with E-state index in [-0.39, 0.29) is 5.75 Å². The van der Waals surface area contributed by atoms with E-state index in [4.69, 9.17) is 16.7 Å². The maximum Gasteiger partial charge on any atom is 0.313 e. The lowest BCUT2D eigenvalue weighted by atomic mass is 10.1. The molecule has 100 valence electrons. The molecule has 2 rings (SSSR count). The molecule has 0 fully saturated rings. The Hall–Kier alpha value is -1.53. The summed E-state index contributed by atoms with van der Waals surface area (Å²) in [6.45, 7) is 1.92.